The third kappa shape index (κ3) is 5.56. The highest BCUT2D eigenvalue weighted by Crippen LogP contribution is 2.31. The molecule has 21 heavy (non-hydrogen) atoms. The first kappa shape index (κ1) is 17.8. The Kier molecular flexibility index (Phi) is 6.99. The molecule has 4 nitrogen and oxygen atoms in total. The van der Waals surface area contributed by atoms with E-state index < -0.39 is 0 Å². The Labute approximate surface area is 129 Å². The van der Waals surface area contributed by atoms with Crippen molar-refractivity contribution in [2.75, 3.05) is 40.8 Å². The van der Waals surface area contributed by atoms with Crippen LogP contribution in [0.3, 0.4) is 0 Å². The normalized spacial score (nSPS) is 13.2. The Hall–Kier alpha value is -1.26. The lowest BCUT2D eigenvalue weighted by Gasteiger charge is -2.32. The van der Waals surface area contributed by atoms with E-state index >= 15 is 0 Å². The topological polar surface area (TPSA) is 35.9 Å². The Morgan fingerprint density at radius 3 is 2.33 bits per heavy atom. The zero-order valence-corrected chi connectivity index (χ0v) is 14.3. The van der Waals surface area contributed by atoms with Gasteiger partial charge in [0.05, 0.1) is 7.11 Å². The molecule has 1 aromatic rings. The molecule has 1 atom stereocenters. The molecule has 0 fully saturated rings. The molecule has 0 amide bonds. The summed E-state index contributed by atoms with van der Waals surface area (Å²) in [6, 6.07) is 5.92. The number of methoxy groups -OCH3 is 1. The molecule has 0 aromatic heterocycles. The third-order valence-corrected chi connectivity index (χ3v) is 3.67. The fourth-order valence-corrected chi connectivity index (χ4v) is 2.41. The van der Waals surface area contributed by atoms with Gasteiger partial charge in [0.25, 0.3) is 0 Å². The van der Waals surface area contributed by atoms with Crippen molar-refractivity contribution in [3.63, 3.8) is 0 Å². The minimum atomic E-state index is 0.192. The van der Waals surface area contributed by atoms with Crippen LogP contribution < -0.4 is 4.74 Å². The van der Waals surface area contributed by atoms with E-state index in [2.05, 4.69) is 44.7 Å². The van der Waals surface area contributed by atoms with Crippen molar-refractivity contribution in [3.8, 4) is 11.5 Å². The Morgan fingerprint density at radius 1 is 1.14 bits per heavy atom. The maximum Gasteiger partial charge on any atom is 0.160 e. The lowest BCUT2D eigenvalue weighted by atomic mass is 10.0. The number of hydrogen-bond acceptors (Lipinski definition) is 4. The van der Waals surface area contributed by atoms with Gasteiger partial charge in [-0.25, -0.2) is 0 Å². The van der Waals surface area contributed by atoms with Crippen molar-refractivity contribution in [3.05, 3.63) is 23.8 Å². The predicted octanol–water partition coefficient (Wildman–Crippen LogP) is 2.98. The average molecular weight is 294 g/mol. The summed E-state index contributed by atoms with van der Waals surface area (Å²) in [5.41, 5.74) is 1.17. The van der Waals surface area contributed by atoms with E-state index in [9.17, 15) is 5.11 Å². The van der Waals surface area contributed by atoms with Gasteiger partial charge in [0.2, 0.25) is 0 Å². The van der Waals surface area contributed by atoms with Gasteiger partial charge >= 0.3 is 0 Å². The van der Waals surface area contributed by atoms with Gasteiger partial charge in [0, 0.05) is 25.7 Å². The standard InChI is InChI=1S/C17H30N2O2/c1-13(2)12-19(10-9-18(4)5)14(3)15-7-8-16(20)17(11-15)21-6/h7-8,11,13-14,20H,9-10,12H2,1-6H3. The van der Waals surface area contributed by atoms with Crippen LogP contribution in [0.4, 0.5) is 0 Å². The number of likely N-dealkylation sites (N-methyl/N-ethyl adjacent to an activating group) is 1. The molecule has 120 valence electrons. The van der Waals surface area contributed by atoms with Crippen molar-refractivity contribution >= 4 is 0 Å². The molecule has 0 heterocycles. The first-order valence-corrected chi connectivity index (χ1v) is 7.60. The third-order valence-electron chi connectivity index (χ3n) is 3.67. The summed E-state index contributed by atoms with van der Waals surface area (Å²) in [5.74, 6) is 1.35. The van der Waals surface area contributed by atoms with Gasteiger partial charge in [0.15, 0.2) is 11.5 Å². The highest BCUT2D eigenvalue weighted by molar-refractivity contribution is 5.42. The SMILES string of the molecule is COc1cc(C(C)N(CCN(C)C)CC(C)C)ccc1O. The summed E-state index contributed by atoms with van der Waals surface area (Å²) in [6.07, 6.45) is 0. The van der Waals surface area contributed by atoms with Crippen LogP contribution in [-0.2, 0) is 0 Å². The van der Waals surface area contributed by atoms with Gasteiger partial charge in [-0.05, 0) is 44.6 Å². The van der Waals surface area contributed by atoms with E-state index in [-0.39, 0.29) is 5.75 Å². The summed E-state index contributed by atoms with van der Waals surface area (Å²) >= 11 is 0. The van der Waals surface area contributed by atoms with Crippen LogP contribution in [0.2, 0.25) is 0 Å². The van der Waals surface area contributed by atoms with Crippen molar-refractivity contribution in [2.24, 2.45) is 5.92 Å². The van der Waals surface area contributed by atoms with Crippen molar-refractivity contribution < 1.29 is 9.84 Å². The van der Waals surface area contributed by atoms with Crippen molar-refractivity contribution in [1.82, 2.24) is 9.80 Å². The van der Waals surface area contributed by atoms with Gasteiger partial charge < -0.3 is 14.7 Å². The number of nitrogens with zero attached hydrogens (tertiary/aromatic N) is 2. The second-order valence-corrected chi connectivity index (χ2v) is 6.30. The Balaban J connectivity index is 2.89. The molecule has 1 unspecified atom stereocenters. The molecule has 1 N–H and O–H groups in total. The van der Waals surface area contributed by atoms with E-state index in [1.807, 2.05) is 12.1 Å². The van der Waals surface area contributed by atoms with E-state index in [4.69, 9.17) is 4.74 Å². The first-order chi connectivity index (χ1) is 9.85. The summed E-state index contributed by atoms with van der Waals surface area (Å²) in [7, 11) is 5.78. The Bertz CT molecular complexity index is 433. The smallest absolute Gasteiger partial charge is 0.160 e. The van der Waals surface area contributed by atoms with E-state index in [0.29, 0.717) is 17.7 Å². The highest BCUT2D eigenvalue weighted by Gasteiger charge is 2.18. The number of benzene rings is 1. The molecule has 0 saturated carbocycles. The van der Waals surface area contributed by atoms with Gasteiger partial charge in [-0.1, -0.05) is 19.9 Å². The molecule has 0 spiro atoms. The number of phenolic OH excluding ortho intramolecular Hbond substituents is 1. The van der Waals surface area contributed by atoms with E-state index in [1.165, 1.54) is 5.56 Å². The van der Waals surface area contributed by atoms with Crippen LogP contribution in [0.5, 0.6) is 11.5 Å². The minimum Gasteiger partial charge on any atom is -0.504 e. The second kappa shape index (κ2) is 8.25. The van der Waals surface area contributed by atoms with Gasteiger partial charge in [-0.2, -0.15) is 0 Å². The van der Waals surface area contributed by atoms with E-state index in [0.717, 1.165) is 19.6 Å². The molecule has 0 saturated heterocycles. The lowest BCUT2D eigenvalue weighted by molar-refractivity contribution is 0.170. The van der Waals surface area contributed by atoms with Crippen LogP contribution >= 0.6 is 0 Å². The van der Waals surface area contributed by atoms with Gasteiger partial charge in [0.1, 0.15) is 0 Å². The van der Waals surface area contributed by atoms with Crippen molar-refractivity contribution in [1.29, 1.82) is 0 Å². The zero-order chi connectivity index (χ0) is 16.0. The average Bonchev–Trinajstić information content (AvgIpc) is 2.42. The fraction of sp³-hybridized carbons (Fsp3) is 0.647. The maximum absolute atomic E-state index is 9.73. The molecule has 0 radical (unpaired) electrons. The number of aromatic hydroxyl groups is 1. The van der Waals surface area contributed by atoms with Crippen LogP contribution in [0.15, 0.2) is 18.2 Å². The summed E-state index contributed by atoms with van der Waals surface area (Å²) < 4.78 is 5.22. The quantitative estimate of drug-likeness (QED) is 0.799. The molecule has 0 aliphatic rings. The van der Waals surface area contributed by atoms with Crippen LogP contribution in [-0.4, -0.2) is 55.7 Å². The maximum atomic E-state index is 9.73. The number of ether oxygens (including phenoxy) is 1. The molecule has 0 aliphatic carbocycles. The predicted molar refractivity (Wildman–Crippen MR) is 88.0 cm³/mol. The lowest BCUT2D eigenvalue weighted by Crippen LogP contribution is -2.36. The largest absolute Gasteiger partial charge is 0.504 e. The van der Waals surface area contributed by atoms with Crippen LogP contribution in [0.1, 0.15) is 32.4 Å². The zero-order valence-electron chi connectivity index (χ0n) is 14.3. The highest BCUT2D eigenvalue weighted by atomic mass is 16.5. The van der Waals surface area contributed by atoms with Gasteiger partial charge in [-0.3, -0.25) is 4.90 Å². The van der Waals surface area contributed by atoms with Crippen molar-refractivity contribution in [2.45, 2.75) is 26.8 Å². The molecular formula is C17H30N2O2. The summed E-state index contributed by atoms with van der Waals surface area (Å²) in [5, 5.41) is 9.73. The molecule has 4 heteroatoms. The summed E-state index contributed by atoms with van der Waals surface area (Å²) in [4.78, 5) is 4.69. The van der Waals surface area contributed by atoms with Crippen LogP contribution in [0.25, 0.3) is 0 Å². The Morgan fingerprint density at radius 2 is 1.81 bits per heavy atom. The number of rotatable bonds is 8. The monoisotopic (exact) mass is 294 g/mol. The van der Waals surface area contributed by atoms with Crippen LogP contribution in [0, 0.1) is 5.92 Å². The van der Waals surface area contributed by atoms with E-state index in [1.54, 1.807) is 13.2 Å². The minimum absolute atomic E-state index is 0.192. The van der Waals surface area contributed by atoms with Gasteiger partial charge in [-0.15, -0.1) is 0 Å². The summed E-state index contributed by atoms with van der Waals surface area (Å²) in [6.45, 7) is 9.81. The molecule has 1 rings (SSSR count). The molecule has 0 bridgehead atoms. The first-order valence-electron chi connectivity index (χ1n) is 7.60. The molecular weight excluding hydrogens is 264 g/mol. The number of phenols is 1. The fourth-order valence-electron chi connectivity index (χ4n) is 2.41. The molecule has 0 aliphatic heterocycles. The second-order valence-electron chi connectivity index (χ2n) is 6.30. The molecule has 1 aromatic carbocycles. The number of hydrogen-bond donors (Lipinski definition) is 1.